The van der Waals surface area contributed by atoms with Gasteiger partial charge in [-0.1, -0.05) is 48.5 Å². The van der Waals surface area contributed by atoms with Gasteiger partial charge in [0.2, 0.25) is 10.0 Å². The van der Waals surface area contributed by atoms with Crippen molar-refractivity contribution in [3.8, 4) is 11.1 Å². The highest BCUT2D eigenvalue weighted by molar-refractivity contribution is 7.89. The standard InChI is InChI=1S/C19H19NO2S/c21-23(22,20-12-14-10-18(20)17-11-16(14)17)19-9-5-4-8-15(19)13-6-2-1-3-7-13/h1-9,14,16-18H,10-12H2/t14-,16-,17-,18-/m0/s1. The first-order valence-electron chi connectivity index (χ1n) is 8.32. The smallest absolute Gasteiger partial charge is 0.207 e. The molecule has 3 fully saturated rings. The molecule has 4 heteroatoms. The molecular weight excluding hydrogens is 306 g/mol. The average Bonchev–Trinajstić information content (AvgIpc) is 3.19. The number of nitrogens with zero attached hydrogens (tertiary/aromatic N) is 1. The van der Waals surface area contributed by atoms with Crippen LogP contribution in [0.4, 0.5) is 0 Å². The molecule has 118 valence electrons. The Morgan fingerprint density at radius 1 is 0.870 bits per heavy atom. The van der Waals surface area contributed by atoms with E-state index in [9.17, 15) is 8.42 Å². The summed E-state index contributed by atoms with van der Waals surface area (Å²) in [6, 6.07) is 17.5. The van der Waals surface area contributed by atoms with Crippen molar-refractivity contribution in [2.45, 2.75) is 23.8 Å². The van der Waals surface area contributed by atoms with E-state index in [2.05, 4.69) is 0 Å². The molecule has 5 rings (SSSR count). The molecule has 0 amide bonds. The molecule has 2 saturated carbocycles. The first-order chi connectivity index (χ1) is 11.2. The maximum atomic E-state index is 13.3. The number of hydrogen-bond donors (Lipinski definition) is 0. The fraction of sp³-hybridized carbons (Fsp3) is 0.368. The average molecular weight is 325 g/mol. The summed E-state index contributed by atoms with van der Waals surface area (Å²) in [6.45, 7) is 0.720. The maximum Gasteiger partial charge on any atom is 0.243 e. The highest BCUT2D eigenvalue weighted by Gasteiger charge is 2.63. The Labute approximate surface area is 137 Å². The predicted molar refractivity (Wildman–Crippen MR) is 89.3 cm³/mol. The van der Waals surface area contributed by atoms with Crippen LogP contribution in [-0.2, 0) is 10.0 Å². The van der Waals surface area contributed by atoms with E-state index in [0.717, 1.165) is 30.0 Å². The third-order valence-electron chi connectivity index (χ3n) is 5.88. The Morgan fingerprint density at radius 3 is 2.35 bits per heavy atom. The van der Waals surface area contributed by atoms with Gasteiger partial charge in [0, 0.05) is 18.2 Å². The minimum Gasteiger partial charge on any atom is -0.207 e. The van der Waals surface area contributed by atoms with E-state index in [1.807, 2.05) is 48.5 Å². The predicted octanol–water partition coefficient (Wildman–Crippen LogP) is 3.38. The number of sulfonamides is 1. The van der Waals surface area contributed by atoms with Gasteiger partial charge in [-0.2, -0.15) is 4.31 Å². The fourth-order valence-corrected chi connectivity index (χ4v) is 6.69. The normalized spacial score (nSPS) is 32.0. The second-order valence-electron chi connectivity index (χ2n) is 7.06. The summed E-state index contributed by atoms with van der Waals surface area (Å²) >= 11 is 0. The van der Waals surface area contributed by atoms with Crippen molar-refractivity contribution in [2.24, 2.45) is 17.8 Å². The molecule has 4 atom stereocenters. The van der Waals surface area contributed by atoms with Crippen LogP contribution in [0.5, 0.6) is 0 Å². The number of hydrogen-bond acceptors (Lipinski definition) is 2. The molecule has 0 N–H and O–H groups in total. The lowest BCUT2D eigenvalue weighted by molar-refractivity contribution is 0.320. The lowest BCUT2D eigenvalue weighted by Crippen LogP contribution is -2.39. The molecule has 0 radical (unpaired) electrons. The number of rotatable bonds is 3. The van der Waals surface area contributed by atoms with Crippen LogP contribution in [0.25, 0.3) is 11.1 Å². The second-order valence-corrected chi connectivity index (χ2v) is 8.92. The van der Waals surface area contributed by atoms with Gasteiger partial charge >= 0.3 is 0 Å². The van der Waals surface area contributed by atoms with Gasteiger partial charge in [0.05, 0.1) is 4.90 Å². The van der Waals surface area contributed by atoms with Crippen LogP contribution in [0.1, 0.15) is 12.8 Å². The molecule has 2 bridgehead atoms. The molecule has 2 aliphatic carbocycles. The van der Waals surface area contributed by atoms with Crippen molar-refractivity contribution < 1.29 is 8.42 Å². The van der Waals surface area contributed by atoms with Gasteiger partial charge in [0.25, 0.3) is 0 Å². The van der Waals surface area contributed by atoms with Crippen molar-refractivity contribution in [2.75, 3.05) is 6.54 Å². The Balaban J connectivity index is 1.59. The summed E-state index contributed by atoms with van der Waals surface area (Å²) in [5.41, 5.74) is 1.77. The van der Waals surface area contributed by atoms with Crippen LogP contribution < -0.4 is 0 Å². The van der Waals surface area contributed by atoms with Crippen molar-refractivity contribution in [3.63, 3.8) is 0 Å². The first kappa shape index (κ1) is 13.8. The van der Waals surface area contributed by atoms with Crippen molar-refractivity contribution in [3.05, 3.63) is 54.6 Å². The molecule has 1 heterocycles. The van der Waals surface area contributed by atoms with Crippen LogP contribution >= 0.6 is 0 Å². The van der Waals surface area contributed by atoms with Crippen molar-refractivity contribution >= 4 is 10.0 Å². The van der Waals surface area contributed by atoms with Gasteiger partial charge in [0.1, 0.15) is 0 Å². The Hall–Kier alpha value is -1.65. The zero-order valence-electron chi connectivity index (χ0n) is 12.8. The fourth-order valence-electron chi connectivity index (χ4n) is 4.74. The van der Waals surface area contributed by atoms with Crippen LogP contribution in [0.3, 0.4) is 0 Å². The molecular formula is C19H19NO2S. The summed E-state index contributed by atoms with van der Waals surface area (Å²) < 4.78 is 28.4. The van der Waals surface area contributed by atoms with Crippen LogP contribution in [0.2, 0.25) is 0 Å². The summed E-state index contributed by atoms with van der Waals surface area (Å²) in [6.07, 6.45) is 2.31. The van der Waals surface area contributed by atoms with Crippen LogP contribution in [0, 0.1) is 17.8 Å². The Bertz CT molecular complexity index is 862. The largest absolute Gasteiger partial charge is 0.243 e. The van der Waals surface area contributed by atoms with Crippen molar-refractivity contribution in [1.29, 1.82) is 0 Å². The topological polar surface area (TPSA) is 37.4 Å². The van der Waals surface area contributed by atoms with E-state index < -0.39 is 10.0 Å². The summed E-state index contributed by atoms with van der Waals surface area (Å²) in [5.74, 6) is 2.05. The van der Waals surface area contributed by atoms with E-state index in [1.165, 1.54) is 6.42 Å². The number of benzene rings is 2. The zero-order valence-corrected chi connectivity index (χ0v) is 13.6. The lowest BCUT2D eigenvalue weighted by Gasteiger charge is -2.27. The molecule has 3 aliphatic rings. The quantitative estimate of drug-likeness (QED) is 0.867. The zero-order chi connectivity index (χ0) is 15.6. The molecule has 3 nitrogen and oxygen atoms in total. The highest BCUT2D eigenvalue weighted by atomic mass is 32.2. The molecule has 2 aromatic rings. The molecule has 0 unspecified atom stereocenters. The van der Waals surface area contributed by atoms with Crippen LogP contribution in [0.15, 0.2) is 59.5 Å². The van der Waals surface area contributed by atoms with E-state index in [4.69, 9.17) is 0 Å². The number of fused-ring (bicyclic) bond motifs is 5. The summed E-state index contributed by atoms with van der Waals surface area (Å²) in [4.78, 5) is 0.455. The summed E-state index contributed by atoms with van der Waals surface area (Å²) in [5, 5.41) is 0. The summed E-state index contributed by atoms with van der Waals surface area (Å²) in [7, 11) is -3.42. The third-order valence-corrected chi connectivity index (χ3v) is 7.83. The third kappa shape index (κ3) is 1.95. The second kappa shape index (κ2) is 4.68. The van der Waals surface area contributed by atoms with Gasteiger partial charge in [-0.25, -0.2) is 8.42 Å². The molecule has 1 aliphatic heterocycles. The maximum absolute atomic E-state index is 13.3. The minimum absolute atomic E-state index is 0.249. The SMILES string of the molecule is O=S(=O)(c1ccccc1-c1ccccc1)N1C[C@@H]2C[C@H]1[C@H]1C[C@@H]21. The van der Waals surface area contributed by atoms with Crippen LogP contribution in [-0.4, -0.2) is 25.3 Å². The van der Waals surface area contributed by atoms with Crippen molar-refractivity contribution in [1.82, 2.24) is 4.31 Å². The van der Waals surface area contributed by atoms with E-state index in [1.54, 1.807) is 10.4 Å². The van der Waals surface area contributed by atoms with Gasteiger partial charge < -0.3 is 0 Å². The van der Waals surface area contributed by atoms with Gasteiger partial charge in [-0.3, -0.25) is 0 Å². The highest BCUT2D eigenvalue weighted by Crippen LogP contribution is 2.62. The molecule has 0 aromatic heterocycles. The Morgan fingerprint density at radius 2 is 1.61 bits per heavy atom. The lowest BCUT2D eigenvalue weighted by atomic mass is 10.1. The Kier molecular flexibility index (Phi) is 2.80. The molecule has 1 saturated heterocycles. The van der Waals surface area contributed by atoms with Gasteiger partial charge in [-0.15, -0.1) is 0 Å². The molecule has 0 spiro atoms. The number of piperidine rings is 1. The van der Waals surface area contributed by atoms with E-state index in [-0.39, 0.29) is 6.04 Å². The monoisotopic (exact) mass is 325 g/mol. The minimum atomic E-state index is -3.42. The first-order valence-corrected chi connectivity index (χ1v) is 9.76. The molecule has 2 aromatic carbocycles. The van der Waals surface area contributed by atoms with E-state index >= 15 is 0 Å². The molecule has 23 heavy (non-hydrogen) atoms. The van der Waals surface area contributed by atoms with E-state index in [0.29, 0.717) is 16.7 Å². The van der Waals surface area contributed by atoms with Gasteiger partial charge in [0.15, 0.2) is 0 Å². The van der Waals surface area contributed by atoms with Gasteiger partial charge in [-0.05, 0) is 42.2 Å².